The summed E-state index contributed by atoms with van der Waals surface area (Å²) in [6.07, 6.45) is 6.44. The molecular formula is C25H36N2O5. The summed E-state index contributed by atoms with van der Waals surface area (Å²) in [5, 5.41) is 14.7. The van der Waals surface area contributed by atoms with E-state index < -0.39 is 18.0 Å². The van der Waals surface area contributed by atoms with Gasteiger partial charge in [0.1, 0.15) is 6.61 Å². The highest BCUT2D eigenvalue weighted by Gasteiger charge is 2.25. The highest BCUT2D eigenvalue weighted by Crippen LogP contribution is 2.17. The average molecular weight is 445 g/mol. The van der Waals surface area contributed by atoms with Crippen LogP contribution in [0.1, 0.15) is 57.1 Å². The summed E-state index contributed by atoms with van der Waals surface area (Å²) in [5.41, 5.74) is 0.802. The molecule has 7 heteroatoms. The third kappa shape index (κ3) is 10.9. The van der Waals surface area contributed by atoms with Crippen molar-refractivity contribution < 1.29 is 24.2 Å². The Morgan fingerprint density at radius 3 is 2.44 bits per heavy atom. The zero-order valence-electron chi connectivity index (χ0n) is 18.9. The summed E-state index contributed by atoms with van der Waals surface area (Å²) in [4.78, 5) is 37.3. The normalized spacial score (nSPS) is 13.3. The Morgan fingerprint density at radius 2 is 1.81 bits per heavy atom. The number of amides is 2. The van der Waals surface area contributed by atoms with Crippen molar-refractivity contribution in [2.24, 2.45) is 5.92 Å². The topological polar surface area (TPSA) is 105 Å². The molecule has 0 aromatic heterocycles. The minimum atomic E-state index is -0.626. The molecule has 176 valence electrons. The lowest BCUT2D eigenvalue weighted by Crippen LogP contribution is -2.40. The molecule has 3 N–H and O–H groups in total. The lowest BCUT2D eigenvalue weighted by Gasteiger charge is -2.23. The molecular weight excluding hydrogens is 408 g/mol. The molecule has 0 radical (unpaired) electrons. The number of hydrogen-bond donors (Lipinski definition) is 3. The SMILES string of the molecule is C=CCCCCC(=O)OCC(NC(=O)C(CC=C)CC(=O)NC(C)CO)c1ccccc1. The van der Waals surface area contributed by atoms with Crippen LogP contribution in [0.3, 0.4) is 0 Å². The van der Waals surface area contributed by atoms with E-state index >= 15 is 0 Å². The van der Waals surface area contributed by atoms with Gasteiger partial charge in [-0.15, -0.1) is 13.2 Å². The maximum atomic E-state index is 13.0. The van der Waals surface area contributed by atoms with Gasteiger partial charge in [0.15, 0.2) is 0 Å². The van der Waals surface area contributed by atoms with Crippen LogP contribution in [-0.2, 0) is 19.1 Å². The zero-order valence-corrected chi connectivity index (χ0v) is 18.9. The first-order valence-electron chi connectivity index (χ1n) is 11.0. The molecule has 3 atom stereocenters. The van der Waals surface area contributed by atoms with Crippen molar-refractivity contribution in [3.8, 4) is 0 Å². The molecule has 0 heterocycles. The van der Waals surface area contributed by atoms with Crippen molar-refractivity contribution in [2.45, 2.75) is 57.5 Å². The smallest absolute Gasteiger partial charge is 0.305 e. The van der Waals surface area contributed by atoms with E-state index in [0.717, 1.165) is 24.8 Å². The number of aliphatic hydroxyl groups excluding tert-OH is 1. The maximum absolute atomic E-state index is 13.0. The Balaban J connectivity index is 2.78. The van der Waals surface area contributed by atoms with Gasteiger partial charge in [-0.3, -0.25) is 14.4 Å². The number of benzene rings is 1. The molecule has 2 amide bonds. The van der Waals surface area contributed by atoms with Crippen LogP contribution >= 0.6 is 0 Å². The van der Waals surface area contributed by atoms with Crippen LogP contribution in [0.5, 0.6) is 0 Å². The monoisotopic (exact) mass is 444 g/mol. The second-order valence-electron chi connectivity index (χ2n) is 7.77. The second-order valence-corrected chi connectivity index (χ2v) is 7.77. The number of carbonyl (C=O) groups is 3. The summed E-state index contributed by atoms with van der Waals surface area (Å²) in [6, 6.07) is 8.32. The minimum Gasteiger partial charge on any atom is -0.463 e. The van der Waals surface area contributed by atoms with Crippen molar-refractivity contribution >= 4 is 17.8 Å². The number of allylic oxidation sites excluding steroid dienone is 2. The molecule has 0 aliphatic heterocycles. The van der Waals surface area contributed by atoms with Gasteiger partial charge in [-0.2, -0.15) is 0 Å². The van der Waals surface area contributed by atoms with Gasteiger partial charge < -0.3 is 20.5 Å². The molecule has 0 aliphatic rings. The number of hydrogen-bond acceptors (Lipinski definition) is 5. The fraction of sp³-hybridized carbons (Fsp3) is 0.480. The number of esters is 1. The Bertz CT molecular complexity index is 735. The third-order valence-corrected chi connectivity index (χ3v) is 4.90. The molecule has 32 heavy (non-hydrogen) atoms. The summed E-state index contributed by atoms with van der Waals surface area (Å²) in [7, 11) is 0. The van der Waals surface area contributed by atoms with Crippen LogP contribution in [0.2, 0.25) is 0 Å². The van der Waals surface area contributed by atoms with Gasteiger partial charge >= 0.3 is 5.97 Å². The van der Waals surface area contributed by atoms with Crippen molar-refractivity contribution in [1.82, 2.24) is 10.6 Å². The standard InChI is InChI=1S/C25H36N2O5/c1-4-6-7-11-15-24(30)32-18-22(20-13-9-8-10-14-20)27-25(31)21(12-5-2)16-23(29)26-19(3)17-28/h4-5,8-10,13-14,19,21-22,28H,1-2,6-7,11-12,15-18H2,3H3,(H,26,29)(H,27,31). The molecule has 0 saturated carbocycles. The van der Waals surface area contributed by atoms with Crippen LogP contribution in [0.25, 0.3) is 0 Å². The average Bonchev–Trinajstić information content (AvgIpc) is 2.79. The lowest BCUT2D eigenvalue weighted by molar-refractivity contribution is -0.145. The van der Waals surface area contributed by atoms with Crippen LogP contribution in [0, 0.1) is 5.92 Å². The van der Waals surface area contributed by atoms with E-state index in [9.17, 15) is 14.4 Å². The largest absolute Gasteiger partial charge is 0.463 e. The van der Waals surface area contributed by atoms with Crippen molar-refractivity contribution in [2.75, 3.05) is 13.2 Å². The van der Waals surface area contributed by atoms with Gasteiger partial charge in [-0.25, -0.2) is 0 Å². The van der Waals surface area contributed by atoms with E-state index in [-0.39, 0.29) is 37.4 Å². The van der Waals surface area contributed by atoms with Gasteiger partial charge in [0.25, 0.3) is 0 Å². The predicted octanol–water partition coefficient (Wildman–Crippen LogP) is 3.21. The van der Waals surface area contributed by atoms with Gasteiger partial charge in [0.2, 0.25) is 11.8 Å². The first kappa shape index (κ1) is 27.1. The number of nitrogens with one attached hydrogen (secondary N) is 2. The van der Waals surface area contributed by atoms with Crippen molar-refractivity contribution in [3.63, 3.8) is 0 Å². The molecule has 0 bridgehead atoms. The number of unbranched alkanes of at least 4 members (excludes halogenated alkanes) is 2. The highest BCUT2D eigenvalue weighted by atomic mass is 16.5. The van der Waals surface area contributed by atoms with Crippen LogP contribution in [0.15, 0.2) is 55.6 Å². The number of ether oxygens (including phenoxy) is 1. The van der Waals surface area contributed by atoms with Crippen LogP contribution in [-0.4, -0.2) is 42.1 Å². The first-order chi connectivity index (χ1) is 15.4. The Morgan fingerprint density at radius 1 is 1.09 bits per heavy atom. The summed E-state index contributed by atoms with van der Waals surface area (Å²) in [6.45, 7) is 8.84. The zero-order chi connectivity index (χ0) is 23.8. The molecule has 0 saturated heterocycles. The Labute approximate surface area is 190 Å². The summed E-state index contributed by atoms with van der Waals surface area (Å²) >= 11 is 0. The fourth-order valence-corrected chi connectivity index (χ4v) is 3.09. The number of rotatable bonds is 16. The minimum absolute atomic E-state index is 0.00456. The van der Waals surface area contributed by atoms with E-state index in [1.165, 1.54) is 0 Å². The van der Waals surface area contributed by atoms with E-state index in [2.05, 4.69) is 23.8 Å². The molecule has 1 aromatic carbocycles. The fourth-order valence-electron chi connectivity index (χ4n) is 3.09. The number of aliphatic hydroxyl groups is 1. The van der Waals surface area contributed by atoms with Crippen LogP contribution in [0.4, 0.5) is 0 Å². The summed E-state index contributed by atoms with van der Waals surface area (Å²) in [5.74, 6) is -1.59. The summed E-state index contributed by atoms with van der Waals surface area (Å²) < 4.78 is 5.42. The Kier molecular flexibility index (Phi) is 13.4. The predicted molar refractivity (Wildman–Crippen MR) is 125 cm³/mol. The van der Waals surface area contributed by atoms with Crippen molar-refractivity contribution in [1.29, 1.82) is 0 Å². The lowest BCUT2D eigenvalue weighted by atomic mass is 9.98. The first-order valence-corrected chi connectivity index (χ1v) is 11.0. The maximum Gasteiger partial charge on any atom is 0.305 e. The Hall–Kier alpha value is -2.93. The van der Waals surface area contributed by atoms with Gasteiger partial charge in [-0.05, 0) is 38.2 Å². The molecule has 1 rings (SSSR count). The van der Waals surface area contributed by atoms with E-state index in [1.807, 2.05) is 36.4 Å². The molecule has 3 unspecified atom stereocenters. The molecule has 1 aromatic rings. The van der Waals surface area contributed by atoms with Gasteiger partial charge in [-0.1, -0.05) is 42.5 Å². The van der Waals surface area contributed by atoms with Gasteiger partial charge in [0.05, 0.1) is 18.6 Å². The highest BCUT2D eigenvalue weighted by molar-refractivity contribution is 5.86. The number of carbonyl (C=O) groups excluding carboxylic acids is 3. The molecule has 0 aliphatic carbocycles. The van der Waals surface area contributed by atoms with Crippen LogP contribution < -0.4 is 10.6 Å². The van der Waals surface area contributed by atoms with E-state index in [1.54, 1.807) is 13.0 Å². The third-order valence-electron chi connectivity index (χ3n) is 4.90. The molecule has 0 spiro atoms. The quantitative estimate of drug-likeness (QED) is 0.206. The second kappa shape index (κ2) is 15.8. The van der Waals surface area contributed by atoms with E-state index in [0.29, 0.717) is 12.8 Å². The molecule has 7 nitrogen and oxygen atoms in total. The van der Waals surface area contributed by atoms with E-state index in [4.69, 9.17) is 9.84 Å². The van der Waals surface area contributed by atoms with Gasteiger partial charge in [0, 0.05) is 18.9 Å². The van der Waals surface area contributed by atoms with Crippen molar-refractivity contribution in [3.05, 3.63) is 61.2 Å². The molecule has 0 fully saturated rings.